The number of hydrogen-bond acceptors (Lipinski definition) is 8. The maximum Gasteiger partial charge on any atom is 0.472 e. The Balaban J connectivity index is 4.07. The summed E-state index contributed by atoms with van der Waals surface area (Å²) in [4.78, 5) is 34.3. The van der Waals surface area contributed by atoms with E-state index in [0.717, 1.165) is 44.9 Å². The molecule has 0 aliphatic carbocycles. The number of carbonyl (C=O) groups is 2. The third kappa shape index (κ3) is 30.8. The SMILES string of the molecule is CCCCCCCCCCCCCCCCCCCC(=O)OC(COC(=O)CCCCCCC)COP(=O)(O)OCCN. The van der Waals surface area contributed by atoms with Gasteiger partial charge in [-0.2, -0.15) is 0 Å². The average molecular weight is 636 g/mol. The number of esters is 2. The van der Waals surface area contributed by atoms with Crippen LogP contribution in [0.4, 0.5) is 0 Å². The Morgan fingerprint density at radius 3 is 1.42 bits per heavy atom. The monoisotopic (exact) mass is 635 g/mol. The van der Waals surface area contributed by atoms with Crippen LogP contribution in [0, 0.1) is 0 Å². The first-order valence-electron chi connectivity index (χ1n) is 17.5. The Kier molecular flexibility index (Phi) is 30.3. The van der Waals surface area contributed by atoms with Crippen molar-refractivity contribution in [2.45, 2.75) is 174 Å². The minimum absolute atomic E-state index is 0.0571. The minimum atomic E-state index is -4.35. The molecule has 0 radical (unpaired) electrons. The van der Waals surface area contributed by atoms with E-state index in [0.29, 0.717) is 6.42 Å². The fourth-order valence-electron chi connectivity index (χ4n) is 4.87. The van der Waals surface area contributed by atoms with Crippen LogP contribution in [-0.4, -0.2) is 49.3 Å². The molecule has 3 N–H and O–H groups in total. The summed E-state index contributed by atoms with van der Waals surface area (Å²) in [5.74, 6) is -0.835. The zero-order valence-corrected chi connectivity index (χ0v) is 28.6. The predicted octanol–water partition coefficient (Wildman–Crippen LogP) is 8.94. The van der Waals surface area contributed by atoms with Crippen molar-refractivity contribution in [1.82, 2.24) is 0 Å². The molecule has 2 atom stereocenters. The van der Waals surface area contributed by atoms with E-state index >= 15 is 0 Å². The lowest BCUT2D eigenvalue weighted by atomic mass is 10.0. The van der Waals surface area contributed by atoms with Gasteiger partial charge < -0.3 is 20.1 Å². The summed E-state index contributed by atoms with van der Waals surface area (Å²) in [6.07, 6.45) is 26.0. The smallest absolute Gasteiger partial charge is 0.462 e. The second-order valence-electron chi connectivity index (χ2n) is 11.8. The Bertz CT molecular complexity index is 694. The van der Waals surface area contributed by atoms with E-state index < -0.39 is 32.5 Å². The van der Waals surface area contributed by atoms with Gasteiger partial charge in [0, 0.05) is 19.4 Å². The van der Waals surface area contributed by atoms with E-state index in [-0.39, 0.29) is 32.6 Å². The molecule has 2 unspecified atom stereocenters. The highest BCUT2D eigenvalue weighted by Crippen LogP contribution is 2.43. The number of carbonyl (C=O) groups excluding carboxylic acids is 2. The molecule has 0 aromatic rings. The first kappa shape index (κ1) is 42.0. The number of ether oxygens (including phenoxy) is 2. The molecule has 0 aliphatic rings. The molecule has 256 valence electrons. The van der Waals surface area contributed by atoms with Crippen LogP contribution in [0.5, 0.6) is 0 Å². The Morgan fingerprint density at radius 1 is 0.605 bits per heavy atom. The predicted molar refractivity (Wildman–Crippen MR) is 174 cm³/mol. The summed E-state index contributed by atoms with van der Waals surface area (Å²) in [6.45, 7) is 3.64. The Morgan fingerprint density at radius 2 is 1.00 bits per heavy atom. The van der Waals surface area contributed by atoms with Crippen LogP contribution in [0.25, 0.3) is 0 Å². The van der Waals surface area contributed by atoms with Gasteiger partial charge in [0.1, 0.15) is 6.61 Å². The highest BCUT2D eigenvalue weighted by molar-refractivity contribution is 7.47. The van der Waals surface area contributed by atoms with Crippen LogP contribution in [0.15, 0.2) is 0 Å². The molecule has 0 aromatic heterocycles. The molecule has 0 rings (SSSR count). The van der Waals surface area contributed by atoms with Gasteiger partial charge in [0.25, 0.3) is 0 Å². The lowest BCUT2D eigenvalue weighted by Gasteiger charge is -2.19. The van der Waals surface area contributed by atoms with E-state index in [1.807, 2.05) is 0 Å². The molecule has 0 aromatic carbocycles. The summed E-state index contributed by atoms with van der Waals surface area (Å²) in [5.41, 5.74) is 5.30. The van der Waals surface area contributed by atoms with Crippen molar-refractivity contribution < 1.29 is 37.6 Å². The number of nitrogens with two attached hydrogens (primary N) is 1. The van der Waals surface area contributed by atoms with Crippen LogP contribution in [0.3, 0.4) is 0 Å². The van der Waals surface area contributed by atoms with Crippen LogP contribution >= 0.6 is 7.82 Å². The quantitative estimate of drug-likeness (QED) is 0.0411. The fraction of sp³-hybridized carbons (Fsp3) is 0.939. The second kappa shape index (κ2) is 31.0. The molecule has 9 nitrogen and oxygen atoms in total. The second-order valence-corrected chi connectivity index (χ2v) is 13.2. The Labute approximate surface area is 263 Å². The van der Waals surface area contributed by atoms with Gasteiger partial charge in [0.15, 0.2) is 6.10 Å². The van der Waals surface area contributed by atoms with Crippen molar-refractivity contribution in [1.29, 1.82) is 0 Å². The molecule has 0 fully saturated rings. The fourth-order valence-corrected chi connectivity index (χ4v) is 5.63. The number of hydrogen-bond donors (Lipinski definition) is 2. The van der Waals surface area contributed by atoms with Gasteiger partial charge in [-0.1, -0.05) is 142 Å². The molecule has 0 bridgehead atoms. The molecule has 0 saturated carbocycles. The van der Waals surface area contributed by atoms with E-state index in [1.165, 1.54) is 89.9 Å². The maximum atomic E-state index is 12.4. The largest absolute Gasteiger partial charge is 0.472 e. The third-order valence-electron chi connectivity index (χ3n) is 7.49. The molecule has 0 amide bonds. The zero-order chi connectivity index (χ0) is 31.9. The first-order chi connectivity index (χ1) is 20.8. The van der Waals surface area contributed by atoms with Gasteiger partial charge in [-0.05, 0) is 12.8 Å². The number of rotatable bonds is 33. The number of phosphoric ester groups is 1. The highest BCUT2D eigenvalue weighted by Gasteiger charge is 2.25. The number of unbranched alkanes of at least 4 members (excludes halogenated alkanes) is 20. The molecule has 0 saturated heterocycles. The van der Waals surface area contributed by atoms with E-state index in [9.17, 15) is 19.0 Å². The van der Waals surface area contributed by atoms with Crippen molar-refractivity contribution in [2.75, 3.05) is 26.4 Å². The molecular formula is C33H66NO8P. The van der Waals surface area contributed by atoms with Crippen molar-refractivity contribution in [3.8, 4) is 0 Å². The zero-order valence-electron chi connectivity index (χ0n) is 27.7. The van der Waals surface area contributed by atoms with Crippen molar-refractivity contribution >= 4 is 19.8 Å². The molecule has 0 aliphatic heterocycles. The van der Waals surface area contributed by atoms with Gasteiger partial charge in [-0.15, -0.1) is 0 Å². The minimum Gasteiger partial charge on any atom is -0.462 e. The van der Waals surface area contributed by atoms with E-state index in [4.69, 9.17) is 24.3 Å². The first-order valence-corrected chi connectivity index (χ1v) is 19.0. The summed E-state index contributed by atoms with van der Waals surface area (Å²) in [5, 5.41) is 0. The van der Waals surface area contributed by atoms with Gasteiger partial charge in [-0.3, -0.25) is 18.6 Å². The van der Waals surface area contributed by atoms with E-state index in [1.54, 1.807) is 0 Å². The maximum absolute atomic E-state index is 12.4. The summed E-state index contributed by atoms with van der Waals surface area (Å²) in [6, 6.07) is 0. The summed E-state index contributed by atoms with van der Waals surface area (Å²) >= 11 is 0. The topological polar surface area (TPSA) is 134 Å². The van der Waals surface area contributed by atoms with Crippen LogP contribution < -0.4 is 5.73 Å². The summed E-state index contributed by atoms with van der Waals surface area (Å²) < 4.78 is 32.4. The molecular weight excluding hydrogens is 569 g/mol. The van der Waals surface area contributed by atoms with Gasteiger partial charge in [0.2, 0.25) is 0 Å². The van der Waals surface area contributed by atoms with Crippen LogP contribution in [-0.2, 0) is 32.7 Å². The van der Waals surface area contributed by atoms with Crippen LogP contribution in [0.1, 0.15) is 168 Å². The standard InChI is InChI=1S/C33H66NO8P/c1-3-5-7-9-10-11-12-13-14-15-16-17-18-19-20-22-24-26-33(36)42-31(30-41-43(37,38)40-28-27-34)29-39-32(35)25-23-21-8-6-4-2/h31H,3-30,34H2,1-2H3,(H,37,38). The Hall–Kier alpha value is -0.990. The van der Waals surface area contributed by atoms with Crippen molar-refractivity contribution in [3.05, 3.63) is 0 Å². The lowest BCUT2D eigenvalue weighted by molar-refractivity contribution is -0.161. The van der Waals surface area contributed by atoms with Gasteiger partial charge in [0.05, 0.1) is 13.2 Å². The molecule has 0 spiro atoms. The lowest BCUT2D eigenvalue weighted by Crippen LogP contribution is -2.29. The molecule has 10 heteroatoms. The third-order valence-corrected chi connectivity index (χ3v) is 8.48. The summed E-state index contributed by atoms with van der Waals surface area (Å²) in [7, 11) is -4.35. The van der Waals surface area contributed by atoms with Gasteiger partial charge in [-0.25, -0.2) is 4.57 Å². The molecule has 43 heavy (non-hydrogen) atoms. The van der Waals surface area contributed by atoms with Crippen LogP contribution in [0.2, 0.25) is 0 Å². The van der Waals surface area contributed by atoms with Gasteiger partial charge >= 0.3 is 19.8 Å². The van der Waals surface area contributed by atoms with Crippen molar-refractivity contribution in [3.63, 3.8) is 0 Å². The number of phosphoric acid groups is 1. The molecule has 0 heterocycles. The normalized spacial score (nSPS) is 13.5. The van der Waals surface area contributed by atoms with E-state index in [2.05, 4.69) is 13.8 Å². The highest BCUT2D eigenvalue weighted by atomic mass is 31.2. The average Bonchev–Trinajstić information content (AvgIpc) is 2.99. The van der Waals surface area contributed by atoms with Crippen molar-refractivity contribution in [2.24, 2.45) is 5.73 Å².